The van der Waals surface area contributed by atoms with Gasteiger partial charge in [0, 0.05) is 52.3 Å². The molecule has 0 saturated carbocycles. The van der Waals surface area contributed by atoms with Crippen molar-refractivity contribution in [2.24, 2.45) is 0 Å². The van der Waals surface area contributed by atoms with Crippen LogP contribution in [0.2, 0.25) is 0 Å². The molecule has 44 heavy (non-hydrogen) atoms. The second-order valence-electron chi connectivity index (χ2n) is 12.9. The van der Waals surface area contributed by atoms with Crippen molar-refractivity contribution in [2.45, 2.75) is 83.7 Å². The van der Waals surface area contributed by atoms with Gasteiger partial charge in [0.1, 0.15) is 22.9 Å². The SMILES string of the molecule is CC(=O)N1CC(Nc2cc(C(=O)NC[C@@H](O)[C@@H]3Cc4ccc(O)cc4CN3C(=O)OC(C)(C)C)nc(N3CCCCC3)n2)C1. The number of carbonyl (C=O) groups excluding carboxylic acids is 3. The Morgan fingerprint density at radius 2 is 1.80 bits per heavy atom. The maximum atomic E-state index is 13.4. The maximum Gasteiger partial charge on any atom is 0.410 e. The topological polar surface area (TPSA) is 160 Å². The molecular weight excluding hydrogens is 566 g/mol. The maximum absolute atomic E-state index is 13.4. The molecule has 3 aliphatic heterocycles. The van der Waals surface area contributed by atoms with Crippen molar-refractivity contribution in [1.82, 2.24) is 25.1 Å². The number of rotatable bonds is 7. The van der Waals surface area contributed by atoms with Crippen molar-refractivity contribution in [1.29, 1.82) is 0 Å². The van der Waals surface area contributed by atoms with Gasteiger partial charge in [-0.3, -0.25) is 14.5 Å². The van der Waals surface area contributed by atoms with Crippen LogP contribution in [0.4, 0.5) is 16.6 Å². The summed E-state index contributed by atoms with van der Waals surface area (Å²) in [5.41, 5.74) is 1.09. The van der Waals surface area contributed by atoms with Crippen molar-refractivity contribution in [3.05, 3.63) is 41.1 Å². The van der Waals surface area contributed by atoms with Gasteiger partial charge in [-0.15, -0.1) is 0 Å². The highest BCUT2D eigenvalue weighted by molar-refractivity contribution is 5.93. The number of hydrogen-bond donors (Lipinski definition) is 4. The number of anilines is 2. The fraction of sp³-hybridized carbons (Fsp3) is 0.581. The summed E-state index contributed by atoms with van der Waals surface area (Å²) in [6.07, 6.45) is 1.80. The Morgan fingerprint density at radius 3 is 2.48 bits per heavy atom. The number of nitrogens with one attached hydrogen (secondary N) is 2. The first-order valence-electron chi connectivity index (χ1n) is 15.3. The number of aromatic nitrogens is 2. The van der Waals surface area contributed by atoms with E-state index in [2.05, 4.69) is 25.5 Å². The molecule has 4 N–H and O–H groups in total. The number of fused-ring (bicyclic) bond motifs is 1. The molecule has 2 aromatic rings. The number of nitrogens with zero attached hydrogens (tertiary/aromatic N) is 5. The van der Waals surface area contributed by atoms with E-state index >= 15 is 0 Å². The Hall–Kier alpha value is -4.13. The molecule has 0 bridgehead atoms. The summed E-state index contributed by atoms with van der Waals surface area (Å²) < 4.78 is 5.62. The molecule has 2 saturated heterocycles. The lowest BCUT2D eigenvalue weighted by Crippen LogP contribution is -2.56. The summed E-state index contributed by atoms with van der Waals surface area (Å²) in [4.78, 5) is 52.7. The summed E-state index contributed by atoms with van der Waals surface area (Å²) in [7, 11) is 0. The predicted octanol–water partition coefficient (Wildman–Crippen LogP) is 2.27. The summed E-state index contributed by atoms with van der Waals surface area (Å²) in [5.74, 6) is 0.601. The third-order valence-electron chi connectivity index (χ3n) is 8.17. The summed E-state index contributed by atoms with van der Waals surface area (Å²) in [5, 5.41) is 27.4. The highest BCUT2D eigenvalue weighted by Crippen LogP contribution is 2.29. The minimum Gasteiger partial charge on any atom is -0.508 e. The average Bonchev–Trinajstić information content (AvgIpc) is 2.95. The third-order valence-corrected chi connectivity index (χ3v) is 8.17. The van der Waals surface area contributed by atoms with E-state index in [0.29, 0.717) is 31.3 Å². The van der Waals surface area contributed by atoms with Crippen LogP contribution in [-0.2, 0) is 22.5 Å². The first-order chi connectivity index (χ1) is 20.9. The zero-order chi connectivity index (χ0) is 31.6. The van der Waals surface area contributed by atoms with Gasteiger partial charge in [-0.05, 0) is 69.7 Å². The second kappa shape index (κ2) is 12.8. The minimum absolute atomic E-state index is 0.0169. The second-order valence-corrected chi connectivity index (χ2v) is 12.9. The van der Waals surface area contributed by atoms with Gasteiger partial charge >= 0.3 is 6.09 Å². The number of phenols is 1. The van der Waals surface area contributed by atoms with Crippen molar-refractivity contribution in [3.63, 3.8) is 0 Å². The zero-order valence-corrected chi connectivity index (χ0v) is 25.9. The van der Waals surface area contributed by atoms with E-state index in [9.17, 15) is 24.6 Å². The molecule has 0 radical (unpaired) electrons. The lowest BCUT2D eigenvalue weighted by atomic mass is 9.91. The number of ether oxygens (including phenoxy) is 1. The predicted molar refractivity (Wildman–Crippen MR) is 163 cm³/mol. The van der Waals surface area contributed by atoms with E-state index in [1.165, 1.54) is 11.8 Å². The molecule has 238 valence electrons. The summed E-state index contributed by atoms with van der Waals surface area (Å²) in [6, 6.07) is 5.91. The summed E-state index contributed by atoms with van der Waals surface area (Å²) in [6.45, 7) is 9.59. The molecule has 2 fully saturated rings. The Bertz CT molecular complexity index is 1380. The van der Waals surface area contributed by atoms with Crippen LogP contribution in [0.3, 0.4) is 0 Å². The molecule has 13 nitrogen and oxygen atoms in total. The number of aliphatic hydroxyl groups excluding tert-OH is 1. The number of benzene rings is 1. The number of aromatic hydroxyl groups is 1. The van der Waals surface area contributed by atoms with Gasteiger partial charge < -0.3 is 35.4 Å². The fourth-order valence-corrected chi connectivity index (χ4v) is 5.78. The van der Waals surface area contributed by atoms with E-state index in [1.54, 1.807) is 49.9 Å². The number of carbonyl (C=O) groups is 3. The molecule has 1 aromatic carbocycles. The van der Waals surface area contributed by atoms with E-state index in [-0.39, 0.29) is 36.5 Å². The van der Waals surface area contributed by atoms with Gasteiger partial charge in [-0.2, -0.15) is 4.98 Å². The molecule has 4 heterocycles. The Morgan fingerprint density at radius 1 is 1.07 bits per heavy atom. The minimum atomic E-state index is -1.11. The molecule has 13 heteroatoms. The van der Waals surface area contributed by atoms with E-state index < -0.39 is 29.7 Å². The molecule has 0 spiro atoms. The number of phenolic OH excluding ortho intramolecular Hbond substituents is 1. The normalized spacial score (nSPS) is 19.5. The average molecular weight is 610 g/mol. The number of amides is 3. The standard InChI is InChI=1S/C31H43N7O6/c1-19(39)37-17-22(18-37)33-27-14-24(34-29(35-27)36-10-6-5-7-11-36)28(42)32-15-26(41)25-13-20-8-9-23(40)12-21(20)16-38(25)30(43)44-31(2,3)4/h8-9,12,14,22,25-26,40-41H,5-7,10-11,13,15-18H2,1-4H3,(H,32,42)(H,33,34,35)/t25-,26+/m0/s1. The van der Waals surface area contributed by atoms with E-state index in [1.807, 2.05) is 0 Å². The first-order valence-corrected chi connectivity index (χ1v) is 15.3. The number of aliphatic hydroxyl groups is 1. The largest absolute Gasteiger partial charge is 0.508 e. The molecule has 2 atom stereocenters. The van der Waals surface area contributed by atoms with E-state index in [4.69, 9.17) is 4.74 Å². The monoisotopic (exact) mass is 609 g/mol. The van der Waals surface area contributed by atoms with E-state index in [0.717, 1.165) is 43.5 Å². The molecule has 5 rings (SSSR count). The van der Waals surface area contributed by atoms with Crippen LogP contribution in [0.15, 0.2) is 24.3 Å². The Labute approximate surface area is 257 Å². The van der Waals surface area contributed by atoms with Gasteiger partial charge in [0.25, 0.3) is 5.91 Å². The number of hydrogen-bond acceptors (Lipinski definition) is 10. The molecule has 3 amide bonds. The highest BCUT2D eigenvalue weighted by atomic mass is 16.6. The lowest BCUT2D eigenvalue weighted by molar-refractivity contribution is -0.132. The lowest BCUT2D eigenvalue weighted by Gasteiger charge is -2.40. The molecule has 0 aliphatic carbocycles. The van der Waals surface area contributed by atoms with Crippen LogP contribution in [0.5, 0.6) is 5.75 Å². The molecule has 0 unspecified atom stereocenters. The first kappa shape index (κ1) is 31.3. The fourth-order valence-electron chi connectivity index (χ4n) is 5.78. The zero-order valence-electron chi connectivity index (χ0n) is 25.9. The Balaban J connectivity index is 1.30. The molecule has 1 aromatic heterocycles. The van der Waals surface area contributed by atoms with Gasteiger partial charge in [-0.1, -0.05) is 6.07 Å². The Kier molecular flexibility index (Phi) is 9.14. The number of piperidine rings is 1. The third kappa shape index (κ3) is 7.50. The smallest absolute Gasteiger partial charge is 0.410 e. The van der Waals surface area contributed by atoms with Gasteiger partial charge in [0.2, 0.25) is 11.9 Å². The summed E-state index contributed by atoms with van der Waals surface area (Å²) >= 11 is 0. The van der Waals surface area contributed by atoms with Crippen molar-refractivity contribution < 1.29 is 29.3 Å². The van der Waals surface area contributed by atoms with Crippen LogP contribution in [0.1, 0.15) is 68.6 Å². The quantitative estimate of drug-likeness (QED) is 0.367. The van der Waals surface area contributed by atoms with Crippen molar-refractivity contribution in [3.8, 4) is 5.75 Å². The number of likely N-dealkylation sites (tertiary alicyclic amines) is 1. The van der Waals surface area contributed by atoms with Crippen LogP contribution in [0, 0.1) is 0 Å². The molecular formula is C31H43N7O6. The van der Waals surface area contributed by atoms with Crippen LogP contribution in [0.25, 0.3) is 0 Å². The van der Waals surface area contributed by atoms with Crippen LogP contribution >= 0.6 is 0 Å². The van der Waals surface area contributed by atoms with Gasteiger partial charge in [-0.25, -0.2) is 9.78 Å². The van der Waals surface area contributed by atoms with Crippen LogP contribution in [-0.4, -0.2) is 104 Å². The molecule has 3 aliphatic rings. The van der Waals surface area contributed by atoms with Gasteiger partial charge in [0.15, 0.2) is 0 Å². The van der Waals surface area contributed by atoms with Crippen LogP contribution < -0.4 is 15.5 Å². The van der Waals surface area contributed by atoms with Crippen molar-refractivity contribution in [2.75, 3.05) is 42.9 Å². The van der Waals surface area contributed by atoms with Crippen molar-refractivity contribution >= 4 is 29.7 Å². The highest BCUT2D eigenvalue weighted by Gasteiger charge is 2.37. The van der Waals surface area contributed by atoms with Gasteiger partial charge in [0.05, 0.1) is 18.2 Å².